The van der Waals surface area contributed by atoms with Gasteiger partial charge >= 0.3 is 6.03 Å². The molecular weight excluding hydrogens is 502 g/mol. The van der Waals surface area contributed by atoms with Crippen LogP contribution in [0.1, 0.15) is 44.4 Å². The molecule has 8 nitrogen and oxygen atoms in total. The van der Waals surface area contributed by atoms with Crippen molar-refractivity contribution in [3.05, 3.63) is 83.1 Å². The molecule has 1 aromatic heterocycles. The van der Waals surface area contributed by atoms with E-state index in [1.807, 2.05) is 26.0 Å². The van der Waals surface area contributed by atoms with Crippen LogP contribution in [0.2, 0.25) is 5.02 Å². The molecule has 0 unspecified atom stereocenters. The van der Waals surface area contributed by atoms with Crippen molar-refractivity contribution in [3.8, 4) is 5.75 Å². The summed E-state index contributed by atoms with van der Waals surface area (Å²) in [5, 5.41) is 9.65. The summed E-state index contributed by atoms with van der Waals surface area (Å²) in [6.45, 7) is 6.95. The molecule has 200 valence electrons. The van der Waals surface area contributed by atoms with Gasteiger partial charge < -0.3 is 25.6 Å². The molecular formula is C29H34ClN5O3. The number of hydrogen-bond acceptors (Lipinski definition) is 5. The smallest absolute Gasteiger partial charge is 0.319 e. The second kappa shape index (κ2) is 11.7. The Morgan fingerprint density at radius 1 is 1.05 bits per heavy atom. The summed E-state index contributed by atoms with van der Waals surface area (Å²) < 4.78 is 5.29. The van der Waals surface area contributed by atoms with Crippen LogP contribution in [0.3, 0.4) is 0 Å². The molecule has 3 aromatic rings. The zero-order chi connectivity index (χ0) is 27.3. The van der Waals surface area contributed by atoms with Gasteiger partial charge in [0.1, 0.15) is 5.75 Å². The first-order valence-corrected chi connectivity index (χ1v) is 13.0. The third-order valence-electron chi connectivity index (χ3n) is 6.85. The number of methoxy groups -OCH3 is 1. The number of benzene rings is 2. The highest BCUT2D eigenvalue weighted by Gasteiger charge is 2.33. The summed E-state index contributed by atoms with van der Waals surface area (Å²) in [6, 6.07) is 18.7. The number of aromatic nitrogens is 1. The van der Waals surface area contributed by atoms with Crippen LogP contribution in [-0.4, -0.2) is 43.2 Å². The van der Waals surface area contributed by atoms with Crippen LogP contribution in [-0.2, 0) is 10.3 Å². The summed E-state index contributed by atoms with van der Waals surface area (Å²) in [5.41, 5.74) is 3.20. The van der Waals surface area contributed by atoms with Gasteiger partial charge in [-0.3, -0.25) is 9.78 Å². The van der Waals surface area contributed by atoms with E-state index in [1.165, 1.54) is 6.92 Å². The fourth-order valence-corrected chi connectivity index (χ4v) is 4.99. The van der Waals surface area contributed by atoms with Gasteiger partial charge in [0.15, 0.2) is 0 Å². The molecule has 0 saturated carbocycles. The van der Waals surface area contributed by atoms with Crippen LogP contribution in [0.25, 0.3) is 0 Å². The van der Waals surface area contributed by atoms with Gasteiger partial charge in [-0.05, 0) is 74.4 Å². The van der Waals surface area contributed by atoms with E-state index in [2.05, 4.69) is 50.1 Å². The average Bonchev–Trinajstić information content (AvgIpc) is 2.90. The summed E-state index contributed by atoms with van der Waals surface area (Å²) in [6.07, 6.45) is 2.45. The van der Waals surface area contributed by atoms with Gasteiger partial charge in [0.25, 0.3) is 0 Å². The zero-order valence-corrected chi connectivity index (χ0v) is 22.9. The van der Waals surface area contributed by atoms with Crippen LogP contribution >= 0.6 is 11.6 Å². The van der Waals surface area contributed by atoms with Gasteiger partial charge in [-0.15, -0.1) is 0 Å². The maximum absolute atomic E-state index is 12.9. The summed E-state index contributed by atoms with van der Waals surface area (Å²) >= 11 is 5.96. The van der Waals surface area contributed by atoms with Crippen LogP contribution in [0.5, 0.6) is 5.75 Å². The quantitative estimate of drug-likeness (QED) is 0.381. The first-order valence-electron chi connectivity index (χ1n) is 12.6. The molecule has 1 fully saturated rings. The number of nitrogens with one attached hydrogen (secondary N) is 3. The molecule has 0 bridgehead atoms. The Bertz CT molecular complexity index is 1250. The Balaban J connectivity index is 1.51. The molecule has 2 atom stereocenters. The van der Waals surface area contributed by atoms with E-state index in [9.17, 15) is 9.59 Å². The number of nitrogens with zero attached hydrogens (tertiary/aromatic N) is 2. The highest BCUT2D eigenvalue weighted by atomic mass is 35.5. The molecule has 0 aliphatic carbocycles. The van der Waals surface area contributed by atoms with Gasteiger partial charge in [-0.1, -0.05) is 23.7 Å². The molecule has 3 N–H and O–H groups in total. The molecule has 2 aromatic carbocycles. The lowest BCUT2D eigenvalue weighted by Crippen LogP contribution is -2.51. The first-order chi connectivity index (χ1) is 18.1. The molecule has 3 amide bonds. The molecule has 2 heterocycles. The Hall–Kier alpha value is -3.78. The van der Waals surface area contributed by atoms with Crippen molar-refractivity contribution in [1.29, 1.82) is 0 Å². The Kier molecular flexibility index (Phi) is 8.42. The maximum Gasteiger partial charge on any atom is 0.319 e. The average molecular weight is 536 g/mol. The van der Waals surface area contributed by atoms with Crippen molar-refractivity contribution >= 4 is 34.9 Å². The number of halogens is 1. The van der Waals surface area contributed by atoms with E-state index >= 15 is 0 Å². The number of ether oxygens (including phenoxy) is 1. The van der Waals surface area contributed by atoms with Crippen molar-refractivity contribution in [1.82, 2.24) is 15.6 Å². The lowest BCUT2D eigenvalue weighted by Gasteiger charge is -2.40. The highest BCUT2D eigenvalue weighted by molar-refractivity contribution is 6.30. The normalized spacial score (nSPS) is 17.4. The standard InChI is InChI=1S/C29H34ClN5O3/c1-19(36)34-29(2,3)20-5-11-23(12-6-20)35-16-15-27(25(18-35)26-14-13-24(38-4)17-31-26)33-28(37)32-22-9-7-21(30)8-10-22/h5-14,17,25,27H,15-16,18H2,1-4H3,(H,34,36)(H2,32,33,37)/t25-,27+/m0/s1. The van der Waals surface area contributed by atoms with Crippen molar-refractivity contribution in [2.24, 2.45) is 0 Å². The summed E-state index contributed by atoms with van der Waals surface area (Å²) in [4.78, 5) is 31.4. The largest absolute Gasteiger partial charge is 0.495 e. The Labute approximate surface area is 228 Å². The number of anilines is 2. The van der Waals surface area contributed by atoms with E-state index in [0.29, 0.717) is 23.0 Å². The van der Waals surface area contributed by atoms with E-state index in [-0.39, 0.29) is 23.9 Å². The Morgan fingerprint density at radius 3 is 2.37 bits per heavy atom. The minimum atomic E-state index is -0.464. The predicted octanol–water partition coefficient (Wildman–Crippen LogP) is 5.30. The van der Waals surface area contributed by atoms with E-state index in [1.54, 1.807) is 37.6 Å². The second-order valence-electron chi connectivity index (χ2n) is 10.0. The molecule has 0 spiro atoms. The lowest BCUT2D eigenvalue weighted by molar-refractivity contribution is -0.120. The number of piperidine rings is 1. The van der Waals surface area contributed by atoms with Crippen molar-refractivity contribution in [2.75, 3.05) is 30.4 Å². The van der Waals surface area contributed by atoms with Gasteiger partial charge in [0, 0.05) is 54.1 Å². The minimum Gasteiger partial charge on any atom is -0.495 e. The molecule has 1 saturated heterocycles. The second-order valence-corrected chi connectivity index (χ2v) is 10.5. The molecule has 1 aliphatic rings. The lowest BCUT2D eigenvalue weighted by atomic mass is 9.88. The number of carbonyl (C=O) groups is 2. The van der Waals surface area contributed by atoms with E-state index in [4.69, 9.17) is 16.3 Å². The number of urea groups is 1. The topological polar surface area (TPSA) is 95.6 Å². The zero-order valence-electron chi connectivity index (χ0n) is 22.1. The number of carbonyl (C=O) groups excluding carboxylic acids is 2. The molecule has 9 heteroatoms. The predicted molar refractivity (Wildman–Crippen MR) is 151 cm³/mol. The van der Waals surface area contributed by atoms with Gasteiger partial charge in [-0.25, -0.2) is 4.79 Å². The van der Waals surface area contributed by atoms with Crippen molar-refractivity contribution < 1.29 is 14.3 Å². The minimum absolute atomic E-state index is 0.0406. The van der Waals surface area contributed by atoms with Crippen LogP contribution in [0.4, 0.5) is 16.2 Å². The fourth-order valence-electron chi connectivity index (χ4n) is 4.86. The SMILES string of the molecule is COc1ccc([C@@H]2CN(c3ccc(C(C)(C)NC(C)=O)cc3)CC[C@H]2NC(=O)Nc2ccc(Cl)cc2)nc1. The highest BCUT2D eigenvalue weighted by Crippen LogP contribution is 2.32. The molecule has 1 aliphatic heterocycles. The number of hydrogen-bond donors (Lipinski definition) is 3. The number of pyridine rings is 1. The van der Waals surface area contributed by atoms with Crippen LogP contribution in [0.15, 0.2) is 66.9 Å². The summed E-state index contributed by atoms with van der Waals surface area (Å²) in [5.74, 6) is 0.577. The third-order valence-corrected chi connectivity index (χ3v) is 7.10. The maximum atomic E-state index is 12.9. The third kappa shape index (κ3) is 6.75. The van der Waals surface area contributed by atoms with Crippen molar-refractivity contribution in [2.45, 2.75) is 44.7 Å². The summed E-state index contributed by atoms with van der Waals surface area (Å²) in [7, 11) is 1.61. The van der Waals surface area contributed by atoms with E-state index < -0.39 is 5.54 Å². The van der Waals surface area contributed by atoms with E-state index in [0.717, 1.165) is 29.9 Å². The number of rotatable bonds is 7. The Morgan fingerprint density at radius 2 is 1.76 bits per heavy atom. The van der Waals surface area contributed by atoms with Gasteiger partial charge in [0.2, 0.25) is 5.91 Å². The molecule has 4 rings (SSSR count). The van der Waals surface area contributed by atoms with Crippen LogP contribution < -0.4 is 25.6 Å². The molecule has 38 heavy (non-hydrogen) atoms. The monoisotopic (exact) mass is 535 g/mol. The first kappa shape index (κ1) is 27.3. The van der Waals surface area contributed by atoms with Gasteiger partial charge in [0.05, 0.1) is 18.8 Å². The molecule has 0 radical (unpaired) electrons. The fraction of sp³-hybridized carbons (Fsp3) is 0.345. The van der Waals surface area contributed by atoms with Crippen molar-refractivity contribution in [3.63, 3.8) is 0 Å². The van der Waals surface area contributed by atoms with Gasteiger partial charge in [-0.2, -0.15) is 0 Å². The number of amides is 3. The van der Waals surface area contributed by atoms with Crippen LogP contribution in [0, 0.1) is 0 Å².